The minimum atomic E-state index is -3.69. The van der Waals surface area contributed by atoms with Crippen LogP contribution in [0.3, 0.4) is 0 Å². The molecule has 1 unspecified atom stereocenters. The molecule has 5 nitrogen and oxygen atoms in total. The van der Waals surface area contributed by atoms with Gasteiger partial charge in [0.25, 0.3) is 10.0 Å². The average Bonchev–Trinajstić information content (AvgIpc) is 2.82. The topological polar surface area (TPSA) is 66.5 Å². The molecule has 1 atom stereocenters. The highest BCUT2D eigenvalue weighted by Gasteiger charge is 2.44. The molecule has 27 heavy (non-hydrogen) atoms. The number of fused-ring (bicyclic) bond motifs is 1. The molecule has 1 fully saturated rings. The Morgan fingerprint density at radius 1 is 1.04 bits per heavy atom. The number of carbonyl (C=O) groups excluding carboxylic acids is 1. The molecular weight excluding hydrogens is 360 g/mol. The fraction of sp³-hybridized carbons (Fsp3) is 0.381. The number of rotatable bonds is 2. The van der Waals surface area contributed by atoms with Crippen LogP contribution in [0.5, 0.6) is 0 Å². The molecule has 1 spiro atoms. The molecule has 2 aliphatic heterocycles. The molecule has 0 radical (unpaired) electrons. The Kier molecular flexibility index (Phi) is 4.46. The predicted molar refractivity (Wildman–Crippen MR) is 105 cm³/mol. The quantitative estimate of drug-likeness (QED) is 0.865. The van der Waals surface area contributed by atoms with E-state index in [0.717, 1.165) is 24.0 Å². The Bertz CT molecular complexity index is 969. The van der Waals surface area contributed by atoms with Gasteiger partial charge in [0.05, 0.1) is 16.0 Å². The number of para-hydroxylation sites is 1. The largest absolute Gasteiger partial charge is 0.356 e. The lowest BCUT2D eigenvalue weighted by molar-refractivity contribution is -0.133. The highest BCUT2D eigenvalue weighted by Crippen LogP contribution is 2.42. The molecule has 2 heterocycles. The van der Waals surface area contributed by atoms with Crippen molar-refractivity contribution in [2.45, 2.75) is 37.5 Å². The van der Waals surface area contributed by atoms with Gasteiger partial charge in [0.2, 0.25) is 5.91 Å². The molecule has 1 amide bonds. The summed E-state index contributed by atoms with van der Waals surface area (Å²) in [6.45, 7) is 2.94. The summed E-state index contributed by atoms with van der Waals surface area (Å²) in [4.78, 5) is 13.0. The highest BCUT2D eigenvalue weighted by molar-refractivity contribution is 7.92. The first-order valence-corrected chi connectivity index (χ1v) is 10.8. The summed E-state index contributed by atoms with van der Waals surface area (Å²) in [5.41, 5.74) is 2.10. The van der Waals surface area contributed by atoms with Crippen molar-refractivity contribution >= 4 is 21.6 Å². The van der Waals surface area contributed by atoms with E-state index in [-0.39, 0.29) is 10.8 Å². The van der Waals surface area contributed by atoms with Gasteiger partial charge in [-0.1, -0.05) is 35.9 Å². The molecule has 0 saturated carbocycles. The van der Waals surface area contributed by atoms with Gasteiger partial charge in [-0.05, 0) is 56.4 Å². The van der Waals surface area contributed by atoms with Crippen LogP contribution in [0.1, 0.15) is 30.4 Å². The Morgan fingerprint density at radius 3 is 2.52 bits per heavy atom. The van der Waals surface area contributed by atoms with Crippen molar-refractivity contribution in [1.29, 1.82) is 0 Å². The minimum absolute atomic E-state index is 0.0538. The van der Waals surface area contributed by atoms with Crippen molar-refractivity contribution in [2.75, 3.05) is 17.4 Å². The van der Waals surface area contributed by atoms with Crippen LogP contribution in [0.2, 0.25) is 0 Å². The number of aryl methyl sites for hydroxylation is 1. The summed E-state index contributed by atoms with van der Waals surface area (Å²) in [6.07, 6.45) is 2.83. The number of nitrogens with one attached hydrogen (secondary N) is 1. The summed E-state index contributed by atoms with van der Waals surface area (Å²) in [5.74, 6) is 0.0538. The van der Waals surface area contributed by atoms with Gasteiger partial charge < -0.3 is 5.32 Å². The Hall–Kier alpha value is -2.34. The van der Waals surface area contributed by atoms with E-state index < -0.39 is 15.4 Å². The lowest BCUT2D eigenvalue weighted by Crippen LogP contribution is -2.48. The summed E-state index contributed by atoms with van der Waals surface area (Å²) in [7, 11) is -3.69. The zero-order valence-electron chi connectivity index (χ0n) is 15.4. The Balaban J connectivity index is 1.79. The summed E-state index contributed by atoms with van der Waals surface area (Å²) >= 11 is 0. The second-order valence-electron chi connectivity index (χ2n) is 7.59. The molecule has 0 aliphatic carbocycles. The molecule has 1 saturated heterocycles. The maximum absolute atomic E-state index is 13.4. The maximum atomic E-state index is 13.4. The molecule has 6 heteroatoms. The van der Waals surface area contributed by atoms with E-state index in [1.807, 2.05) is 43.3 Å². The first kappa shape index (κ1) is 18.0. The number of piperidine rings is 1. The van der Waals surface area contributed by atoms with Crippen LogP contribution in [0.25, 0.3) is 0 Å². The van der Waals surface area contributed by atoms with Gasteiger partial charge in [-0.3, -0.25) is 9.10 Å². The Labute approximate surface area is 160 Å². The van der Waals surface area contributed by atoms with E-state index in [0.29, 0.717) is 31.6 Å². The van der Waals surface area contributed by atoms with E-state index in [2.05, 4.69) is 5.32 Å². The SMILES string of the molecule is Cc1ccc(S(=O)(=O)N2CCC3(CCCNC3=O)Cc3ccccc32)cc1. The van der Waals surface area contributed by atoms with Crippen molar-refractivity contribution in [2.24, 2.45) is 5.41 Å². The van der Waals surface area contributed by atoms with Crippen LogP contribution in [0, 0.1) is 12.3 Å². The second-order valence-corrected chi connectivity index (χ2v) is 9.45. The van der Waals surface area contributed by atoms with Gasteiger partial charge >= 0.3 is 0 Å². The minimum Gasteiger partial charge on any atom is -0.356 e. The number of nitrogens with zero attached hydrogens (tertiary/aromatic N) is 1. The number of benzene rings is 2. The smallest absolute Gasteiger partial charge is 0.264 e. The third kappa shape index (κ3) is 3.12. The second kappa shape index (κ2) is 6.68. The van der Waals surface area contributed by atoms with Crippen LogP contribution in [-0.4, -0.2) is 27.4 Å². The molecule has 142 valence electrons. The number of anilines is 1. The van der Waals surface area contributed by atoms with Crippen molar-refractivity contribution in [1.82, 2.24) is 5.32 Å². The van der Waals surface area contributed by atoms with E-state index in [9.17, 15) is 13.2 Å². The summed E-state index contributed by atoms with van der Waals surface area (Å²) in [5, 5.41) is 2.99. The molecule has 2 aromatic carbocycles. The van der Waals surface area contributed by atoms with Gasteiger partial charge in [-0.25, -0.2) is 8.42 Å². The van der Waals surface area contributed by atoms with Gasteiger partial charge in [0.15, 0.2) is 0 Å². The zero-order valence-corrected chi connectivity index (χ0v) is 16.3. The number of amides is 1. The average molecular weight is 385 g/mol. The van der Waals surface area contributed by atoms with Gasteiger partial charge in [-0.2, -0.15) is 0 Å². The van der Waals surface area contributed by atoms with E-state index >= 15 is 0 Å². The van der Waals surface area contributed by atoms with Crippen LogP contribution in [0.4, 0.5) is 5.69 Å². The van der Waals surface area contributed by atoms with Crippen molar-refractivity contribution < 1.29 is 13.2 Å². The predicted octanol–water partition coefficient (Wildman–Crippen LogP) is 3.03. The number of hydrogen-bond donors (Lipinski definition) is 1. The van der Waals surface area contributed by atoms with Crippen LogP contribution in [-0.2, 0) is 21.2 Å². The van der Waals surface area contributed by atoms with Crippen LogP contribution in [0.15, 0.2) is 53.4 Å². The van der Waals surface area contributed by atoms with Crippen LogP contribution < -0.4 is 9.62 Å². The molecule has 2 aromatic rings. The van der Waals surface area contributed by atoms with Gasteiger partial charge in [0, 0.05) is 13.1 Å². The first-order valence-electron chi connectivity index (χ1n) is 9.38. The van der Waals surface area contributed by atoms with Crippen molar-refractivity contribution in [3.63, 3.8) is 0 Å². The van der Waals surface area contributed by atoms with E-state index in [1.54, 1.807) is 12.1 Å². The first-order chi connectivity index (χ1) is 12.9. The lowest BCUT2D eigenvalue weighted by Gasteiger charge is -2.35. The monoisotopic (exact) mass is 384 g/mol. The van der Waals surface area contributed by atoms with E-state index in [1.165, 1.54) is 4.31 Å². The zero-order chi connectivity index (χ0) is 19.1. The third-order valence-corrected chi connectivity index (χ3v) is 7.62. The Morgan fingerprint density at radius 2 is 1.78 bits per heavy atom. The van der Waals surface area contributed by atoms with Crippen molar-refractivity contribution in [3.8, 4) is 0 Å². The molecular formula is C21H24N2O3S. The standard InChI is InChI=1S/C21H24N2O3S/c1-16-7-9-18(10-8-16)27(25,26)23-14-12-21(11-4-13-22-20(21)24)15-17-5-2-3-6-19(17)23/h2-3,5-10H,4,11-15H2,1H3,(H,22,24). The van der Waals surface area contributed by atoms with Crippen LogP contribution >= 0.6 is 0 Å². The van der Waals surface area contributed by atoms with Gasteiger partial charge in [-0.15, -0.1) is 0 Å². The number of carbonyl (C=O) groups is 1. The number of hydrogen-bond acceptors (Lipinski definition) is 3. The van der Waals surface area contributed by atoms with E-state index in [4.69, 9.17) is 0 Å². The molecule has 1 N–H and O–H groups in total. The van der Waals surface area contributed by atoms with Crippen molar-refractivity contribution in [3.05, 3.63) is 59.7 Å². The molecule has 2 aliphatic rings. The fourth-order valence-corrected chi connectivity index (χ4v) is 5.72. The van der Waals surface area contributed by atoms with Gasteiger partial charge in [0.1, 0.15) is 0 Å². The highest BCUT2D eigenvalue weighted by atomic mass is 32.2. The fourth-order valence-electron chi connectivity index (χ4n) is 4.22. The molecule has 4 rings (SSSR count). The lowest BCUT2D eigenvalue weighted by atomic mass is 9.73. The molecule has 0 aromatic heterocycles. The molecule has 0 bridgehead atoms. The summed E-state index contributed by atoms with van der Waals surface area (Å²) in [6, 6.07) is 14.5. The summed E-state index contributed by atoms with van der Waals surface area (Å²) < 4.78 is 28.3. The number of sulfonamides is 1. The third-order valence-electron chi connectivity index (χ3n) is 5.79. The normalized spacial score (nSPS) is 22.9. The maximum Gasteiger partial charge on any atom is 0.264 e.